The molecule has 0 fully saturated rings. The lowest BCUT2D eigenvalue weighted by molar-refractivity contribution is -0.130. The summed E-state index contributed by atoms with van der Waals surface area (Å²) >= 11 is 0. The van der Waals surface area contributed by atoms with E-state index in [0.717, 1.165) is 12.3 Å². The number of rotatable bonds is 4. The minimum absolute atomic E-state index is 0.0878. The molecule has 0 radical (unpaired) electrons. The number of carbonyl (C=O) groups excluding carboxylic acids is 2. The summed E-state index contributed by atoms with van der Waals surface area (Å²) in [5.74, 6) is -2.14. The Bertz CT molecular complexity index is 451. The largest absolute Gasteiger partial charge is 0.454 e. The molecule has 0 aliphatic rings. The molecule has 7 heteroatoms. The first-order valence-corrected chi connectivity index (χ1v) is 5.27. The number of aromatic nitrogens is 1. The molecule has 0 saturated heterocycles. The Kier molecular flexibility index (Phi) is 4.15. The molecular formula is C11H13F3N2O2. The maximum atomic E-state index is 12.2. The van der Waals surface area contributed by atoms with E-state index in [1.807, 2.05) is 0 Å². The molecule has 0 saturated carbocycles. The number of likely N-dealkylation sites (N-methyl/N-ethyl adjacent to an activating group) is 1. The van der Waals surface area contributed by atoms with Crippen molar-refractivity contribution in [1.29, 1.82) is 0 Å². The second-order valence-corrected chi connectivity index (χ2v) is 3.81. The van der Waals surface area contributed by atoms with Crippen LogP contribution in [0.15, 0.2) is 18.5 Å². The second kappa shape index (κ2) is 5.24. The molecule has 0 aliphatic heterocycles. The zero-order valence-electron chi connectivity index (χ0n) is 9.99. The Labute approximate surface area is 102 Å². The molecule has 1 aromatic heterocycles. The molecule has 0 N–H and O–H groups in total. The van der Waals surface area contributed by atoms with Crippen LogP contribution in [-0.4, -0.2) is 40.9 Å². The van der Waals surface area contributed by atoms with Crippen molar-refractivity contribution in [2.24, 2.45) is 0 Å². The fourth-order valence-electron chi connectivity index (χ4n) is 1.29. The van der Waals surface area contributed by atoms with Crippen molar-refractivity contribution < 1.29 is 22.8 Å². The molecular weight excluding hydrogens is 249 g/mol. The Hall–Kier alpha value is -1.79. The van der Waals surface area contributed by atoms with Crippen LogP contribution < -0.4 is 0 Å². The van der Waals surface area contributed by atoms with Crippen molar-refractivity contribution in [3.63, 3.8) is 0 Å². The van der Waals surface area contributed by atoms with Gasteiger partial charge in [-0.05, 0) is 13.0 Å². The molecule has 4 nitrogen and oxygen atoms in total. The Morgan fingerprint density at radius 2 is 2.00 bits per heavy atom. The van der Waals surface area contributed by atoms with Crippen LogP contribution in [0, 0.1) is 0 Å². The van der Waals surface area contributed by atoms with E-state index in [2.05, 4.69) is 0 Å². The van der Waals surface area contributed by atoms with E-state index in [-0.39, 0.29) is 12.5 Å². The molecule has 1 aromatic rings. The van der Waals surface area contributed by atoms with E-state index in [1.165, 1.54) is 15.7 Å². The monoisotopic (exact) mass is 262 g/mol. The SMILES string of the molecule is CCN(C)C(=O)Cn1ccc(C(=O)C(F)(F)F)c1. The summed E-state index contributed by atoms with van der Waals surface area (Å²) in [4.78, 5) is 23.9. The number of carbonyl (C=O) groups is 2. The van der Waals surface area contributed by atoms with Crippen LogP contribution in [0.1, 0.15) is 17.3 Å². The van der Waals surface area contributed by atoms with Crippen molar-refractivity contribution in [3.05, 3.63) is 24.0 Å². The van der Waals surface area contributed by atoms with Crippen molar-refractivity contribution in [1.82, 2.24) is 9.47 Å². The van der Waals surface area contributed by atoms with Crippen LogP contribution in [0.5, 0.6) is 0 Å². The summed E-state index contributed by atoms with van der Waals surface area (Å²) in [6, 6.07) is 1.05. The highest BCUT2D eigenvalue weighted by Crippen LogP contribution is 2.21. The third-order valence-electron chi connectivity index (χ3n) is 2.49. The van der Waals surface area contributed by atoms with Crippen LogP contribution in [0.4, 0.5) is 13.2 Å². The minimum Gasteiger partial charge on any atom is -0.344 e. The number of hydrogen-bond acceptors (Lipinski definition) is 2. The van der Waals surface area contributed by atoms with Crippen molar-refractivity contribution in [3.8, 4) is 0 Å². The highest BCUT2D eigenvalue weighted by molar-refractivity contribution is 6.00. The molecule has 0 unspecified atom stereocenters. The van der Waals surface area contributed by atoms with Gasteiger partial charge in [0.05, 0.1) is 0 Å². The normalized spacial score (nSPS) is 11.4. The number of hydrogen-bond donors (Lipinski definition) is 0. The van der Waals surface area contributed by atoms with Gasteiger partial charge in [0, 0.05) is 31.5 Å². The predicted octanol–water partition coefficient (Wildman–Crippen LogP) is 1.71. The predicted molar refractivity (Wildman–Crippen MR) is 58.1 cm³/mol. The number of Topliss-reactive ketones (excluding diaryl/α,β-unsaturated/α-hetero) is 1. The van der Waals surface area contributed by atoms with Gasteiger partial charge in [-0.2, -0.15) is 13.2 Å². The summed E-state index contributed by atoms with van der Waals surface area (Å²) in [6.07, 6.45) is -2.59. The number of amides is 1. The molecule has 0 bridgehead atoms. The highest BCUT2D eigenvalue weighted by atomic mass is 19.4. The quantitative estimate of drug-likeness (QED) is 0.775. The van der Waals surface area contributed by atoms with Gasteiger partial charge in [0.1, 0.15) is 6.54 Å². The van der Waals surface area contributed by atoms with Crippen LogP contribution in [0.3, 0.4) is 0 Å². The van der Waals surface area contributed by atoms with Gasteiger partial charge in [0.25, 0.3) is 5.78 Å². The Morgan fingerprint density at radius 3 is 2.50 bits per heavy atom. The summed E-state index contributed by atoms with van der Waals surface area (Å²) in [5.41, 5.74) is -0.463. The molecule has 100 valence electrons. The molecule has 0 aromatic carbocycles. The molecule has 0 aliphatic carbocycles. The van der Waals surface area contributed by atoms with E-state index < -0.39 is 17.5 Å². The summed E-state index contributed by atoms with van der Waals surface area (Å²) in [6.45, 7) is 2.20. The minimum atomic E-state index is -4.89. The van der Waals surface area contributed by atoms with Crippen molar-refractivity contribution >= 4 is 11.7 Å². The van der Waals surface area contributed by atoms with Crippen molar-refractivity contribution in [2.45, 2.75) is 19.6 Å². The maximum absolute atomic E-state index is 12.2. The van der Waals surface area contributed by atoms with Crippen LogP contribution in [-0.2, 0) is 11.3 Å². The lowest BCUT2D eigenvalue weighted by Gasteiger charge is -2.14. The van der Waals surface area contributed by atoms with Gasteiger partial charge < -0.3 is 9.47 Å². The average molecular weight is 262 g/mol. The molecule has 0 spiro atoms. The van der Waals surface area contributed by atoms with E-state index in [4.69, 9.17) is 0 Å². The van der Waals surface area contributed by atoms with E-state index in [9.17, 15) is 22.8 Å². The van der Waals surface area contributed by atoms with E-state index in [0.29, 0.717) is 6.54 Å². The van der Waals surface area contributed by atoms with Gasteiger partial charge in [0.15, 0.2) is 0 Å². The van der Waals surface area contributed by atoms with Crippen LogP contribution in [0.25, 0.3) is 0 Å². The number of ketones is 1. The van der Waals surface area contributed by atoms with E-state index in [1.54, 1.807) is 14.0 Å². The van der Waals surface area contributed by atoms with Gasteiger partial charge in [-0.15, -0.1) is 0 Å². The van der Waals surface area contributed by atoms with Gasteiger partial charge in [-0.3, -0.25) is 9.59 Å². The fraction of sp³-hybridized carbons (Fsp3) is 0.455. The van der Waals surface area contributed by atoms with Crippen LogP contribution >= 0.6 is 0 Å². The lowest BCUT2D eigenvalue weighted by Crippen LogP contribution is -2.29. The number of alkyl halides is 3. The second-order valence-electron chi connectivity index (χ2n) is 3.81. The molecule has 1 heterocycles. The fourth-order valence-corrected chi connectivity index (χ4v) is 1.29. The maximum Gasteiger partial charge on any atom is 0.454 e. The van der Waals surface area contributed by atoms with Gasteiger partial charge in [-0.1, -0.05) is 0 Å². The van der Waals surface area contributed by atoms with Gasteiger partial charge >= 0.3 is 6.18 Å². The van der Waals surface area contributed by atoms with E-state index >= 15 is 0 Å². The zero-order valence-corrected chi connectivity index (χ0v) is 9.99. The Morgan fingerprint density at radius 1 is 1.39 bits per heavy atom. The standard InChI is InChI=1S/C11H13F3N2O2/c1-3-15(2)9(17)7-16-5-4-8(6-16)10(18)11(12,13)14/h4-6H,3,7H2,1-2H3. The summed E-state index contributed by atoms with van der Waals surface area (Å²) < 4.78 is 37.7. The average Bonchev–Trinajstić information content (AvgIpc) is 2.73. The summed E-state index contributed by atoms with van der Waals surface area (Å²) in [7, 11) is 1.59. The Balaban J connectivity index is 2.76. The molecule has 0 atom stereocenters. The van der Waals surface area contributed by atoms with Crippen molar-refractivity contribution in [2.75, 3.05) is 13.6 Å². The molecule has 1 rings (SSSR count). The first kappa shape index (κ1) is 14.3. The first-order valence-electron chi connectivity index (χ1n) is 5.27. The highest BCUT2D eigenvalue weighted by Gasteiger charge is 2.39. The zero-order chi connectivity index (χ0) is 13.9. The number of nitrogens with zero attached hydrogens (tertiary/aromatic N) is 2. The lowest BCUT2D eigenvalue weighted by atomic mass is 10.2. The number of halogens is 3. The van der Waals surface area contributed by atoms with Gasteiger partial charge in [-0.25, -0.2) is 0 Å². The molecule has 18 heavy (non-hydrogen) atoms. The first-order chi connectivity index (χ1) is 8.25. The third kappa shape index (κ3) is 3.35. The summed E-state index contributed by atoms with van der Waals surface area (Å²) in [5, 5.41) is 0. The van der Waals surface area contributed by atoms with Gasteiger partial charge in [0.2, 0.25) is 5.91 Å². The smallest absolute Gasteiger partial charge is 0.344 e. The molecule has 1 amide bonds. The topological polar surface area (TPSA) is 42.3 Å². The third-order valence-corrected chi connectivity index (χ3v) is 2.49. The van der Waals surface area contributed by atoms with Crippen LogP contribution in [0.2, 0.25) is 0 Å².